The summed E-state index contributed by atoms with van der Waals surface area (Å²) in [6, 6.07) is 0.570. The molecule has 5 heteroatoms. The molecule has 0 aromatic carbocycles. The molecule has 2 N–H and O–H groups in total. The van der Waals surface area contributed by atoms with Crippen LogP contribution in [0.3, 0.4) is 0 Å². The van der Waals surface area contributed by atoms with Crippen molar-refractivity contribution in [3.8, 4) is 0 Å². The van der Waals surface area contributed by atoms with Crippen LogP contribution in [0.2, 0.25) is 0 Å². The average Bonchev–Trinajstić information content (AvgIpc) is 2.42. The summed E-state index contributed by atoms with van der Waals surface area (Å²) in [4.78, 5) is 15.9. The minimum Gasteiger partial charge on any atom is -0.381 e. The molecule has 1 aliphatic rings. The lowest BCUT2D eigenvalue weighted by atomic mass is 10.1. The Morgan fingerprint density at radius 3 is 2.56 bits per heavy atom. The summed E-state index contributed by atoms with van der Waals surface area (Å²) < 4.78 is 5.34. The van der Waals surface area contributed by atoms with Crippen LogP contribution in [0.1, 0.15) is 25.7 Å². The molecule has 1 heterocycles. The maximum atomic E-state index is 11.9. The number of hydrogen-bond donors (Lipinski definition) is 1. The van der Waals surface area contributed by atoms with Gasteiger partial charge in [0.25, 0.3) is 0 Å². The maximum Gasteiger partial charge on any atom is 0.223 e. The summed E-state index contributed by atoms with van der Waals surface area (Å²) in [5.74, 6) is 0.211. The van der Waals surface area contributed by atoms with Gasteiger partial charge in [-0.25, -0.2) is 0 Å². The van der Waals surface area contributed by atoms with Crippen LogP contribution in [-0.2, 0) is 9.53 Å². The van der Waals surface area contributed by atoms with E-state index in [0.717, 1.165) is 45.6 Å². The van der Waals surface area contributed by atoms with E-state index in [0.29, 0.717) is 19.0 Å². The highest BCUT2D eigenvalue weighted by Gasteiger charge is 2.19. The molecule has 0 radical (unpaired) electrons. The topological polar surface area (TPSA) is 58.8 Å². The molecule has 1 amide bonds. The predicted octanol–water partition coefficient (Wildman–Crippen LogP) is 0.295. The van der Waals surface area contributed by atoms with Gasteiger partial charge in [-0.1, -0.05) is 0 Å². The fraction of sp³-hybridized carbons (Fsp3) is 0.923. The minimum absolute atomic E-state index is 0.211. The fourth-order valence-corrected chi connectivity index (χ4v) is 2.22. The van der Waals surface area contributed by atoms with Crippen LogP contribution < -0.4 is 5.73 Å². The first-order chi connectivity index (χ1) is 8.65. The molecule has 1 saturated heterocycles. The normalized spacial score (nSPS) is 17.1. The van der Waals surface area contributed by atoms with Gasteiger partial charge in [-0.2, -0.15) is 0 Å². The van der Waals surface area contributed by atoms with E-state index >= 15 is 0 Å². The number of rotatable bonds is 7. The lowest BCUT2D eigenvalue weighted by Gasteiger charge is -2.31. The van der Waals surface area contributed by atoms with Gasteiger partial charge in [0.15, 0.2) is 0 Å². The molecule has 18 heavy (non-hydrogen) atoms. The van der Waals surface area contributed by atoms with Crippen molar-refractivity contribution in [2.24, 2.45) is 5.73 Å². The van der Waals surface area contributed by atoms with Crippen molar-refractivity contribution in [1.82, 2.24) is 9.80 Å². The van der Waals surface area contributed by atoms with Gasteiger partial charge in [0.2, 0.25) is 5.91 Å². The second kappa shape index (κ2) is 8.45. The van der Waals surface area contributed by atoms with E-state index < -0.39 is 0 Å². The molecule has 1 rings (SSSR count). The molecule has 5 nitrogen and oxygen atoms in total. The monoisotopic (exact) mass is 257 g/mol. The summed E-state index contributed by atoms with van der Waals surface area (Å²) >= 11 is 0. The molecular weight excluding hydrogens is 230 g/mol. The number of nitrogens with zero attached hydrogens (tertiary/aromatic N) is 2. The van der Waals surface area contributed by atoms with Crippen LogP contribution in [0.5, 0.6) is 0 Å². The van der Waals surface area contributed by atoms with Crippen LogP contribution in [0.25, 0.3) is 0 Å². The van der Waals surface area contributed by atoms with Gasteiger partial charge in [0.05, 0.1) is 0 Å². The fourth-order valence-electron chi connectivity index (χ4n) is 2.22. The minimum atomic E-state index is 0.211. The second-order valence-corrected chi connectivity index (χ2v) is 5.03. The first-order valence-electron chi connectivity index (χ1n) is 6.87. The van der Waals surface area contributed by atoms with E-state index in [4.69, 9.17) is 10.5 Å². The SMILES string of the molecule is CN(CCCN)C(=O)CCN(C)C1CCOCC1. The Kier molecular flexibility index (Phi) is 7.23. The van der Waals surface area contributed by atoms with Gasteiger partial charge < -0.3 is 20.3 Å². The van der Waals surface area contributed by atoms with Crippen molar-refractivity contribution in [2.75, 3.05) is 46.9 Å². The number of hydrogen-bond acceptors (Lipinski definition) is 4. The molecule has 0 aliphatic carbocycles. The van der Waals surface area contributed by atoms with Crippen LogP contribution in [0.15, 0.2) is 0 Å². The van der Waals surface area contributed by atoms with E-state index in [-0.39, 0.29) is 5.91 Å². The third-order valence-corrected chi connectivity index (χ3v) is 3.62. The van der Waals surface area contributed by atoms with Crippen molar-refractivity contribution in [3.05, 3.63) is 0 Å². The zero-order chi connectivity index (χ0) is 13.4. The number of nitrogens with two attached hydrogens (primary N) is 1. The van der Waals surface area contributed by atoms with E-state index in [1.807, 2.05) is 7.05 Å². The molecule has 0 aromatic rings. The van der Waals surface area contributed by atoms with Gasteiger partial charge in [-0.15, -0.1) is 0 Å². The Morgan fingerprint density at radius 2 is 1.94 bits per heavy atom. The third kappa shape index (κ3) is 5.33. The number of ether oxygens (including phenoxy) is 1. The molecule has 0 saturated carbocycles. The zero-order valence-electron chi connectivity index (χ0n) is 11.7. The van der Waals surface area contributed by atoms with Gasteiger partial charge in [-0.05, 0) is 32.9 Å². The molecule has 1 aliphatic heterocycles. The van der Waals surface area contributed by atoms with E-state index in [1.165, 1.54) is 0 Å². The first-order valence-corrected chi connectivity index (χ1v) is 6.87. The highest BCUT2D eigenvalue weighted by atomic mass is 16.5. The summed E-state index contributed by atoms with van der Waals surface area (Å²) in [6.45, 7) is 3.92. The van der Waals surface area contributed by atoms with Crippen molar-refractivity contribution in [2.45, 2.75) is 31.7 Å². The Bertz CT molecular complexity index is 242. The summed E-state index contributed by atoms with van der Waals surface area (Å²) in [6.07, 6.45) is 3.62. The second-order valence-electron chi connectivity index (χ2n) is 5.03. The van der Waals surface area contributed by atoms with Crippen molar-refractivity contribution < 1.29 is 9.53 Å². The van der Waals surface area contributed by atoms with Gasteiger partial charge in [-0.3, -0.25) is 4.79 Å². The molecule has 0 aromatic heterocycles. The summed E-state index contributed by atoms with van der Waals surface area (Å²) in [5, 5.41) is 0. The molecule has 1 fully saturated rings. The Labute approximate surface area is 110 Å². The highest BCUT2D eigenvalue weighted by molar-refractivity contribution is 5.76. The first kappa shape index (κ1) is 15.4. The molecular formula is C13H27N3O2. The van der Waals surface area contributed by atoms with Gasteiger partial charge >= 0.3 is 0 Å². The summed E-state index contributed by atoms with van der Waals surface area (Å²) in [5.41, 5.74) is 5.44. The molecule has 0 spiro atoms. The molecule has 0 bridgehead atoms. The quantitative estimate of drug-likeness (QED) is 0.712. The molecule has 106 valence electrons. The Balaban J connectivity index is 2.20. The van der Waals surface area contributed by atoms with Crippen molar-refractivity contribution in [1.29, 1.82) is 0 Å². The van der Waals surface area contributed by atoms with Crippen molar-refractivity contribution in [3.63, 3.8) is 0 Å². The molecule has 0 atom stereocenters. The van der Waals surface area contributed by atoms with Gasteiger partial charge in [0, 0.05) is 45.8 Å². The maximum absolute atomic E-state index is 11.9. The molecule has 0 unspecified atom stereocenters. The number of amides is 1. The van der Waals surface area contributed by atoms with Crippen LogP contribution >= 0.6 is 0 Å². The van der Waals surface area contributed by atoms with Crippen molar-refractivity contribution >= 4 is 5.91 Å². The average molecular weight is 257 g/mol. The van der Waals surface area contributed by atoms with E-state index in [1.54, 1.807) is 4.90 Å². The van der Waals surface area contributed by atoms with Crippen LogP contribution in [-0.4, -0.2) is 68.7 Å². The van der Waals surface area contributed by atoms with E-state index in [9.17, 15) is 4.79 Å². The lowest BCUT2D eigenvalue weighted by molar-refractivity contribution is -0.130. The standard InChI is InChI=1S/C13H27N3O2/c1-15(12-5-10-18-11-6-12)9-4-13(17)16(2)8-3-7-14/h12H,3-11,14H2,1-2H3. The summed E-state index contributed by atoms with van der Waals surface area (Å²) in [7, 11) is 3.95. The largest absolute Gasteiger partial charge is 0.381 e. The van der Waals surface area contributed by atoms with Crippen LogP contribution in [0, 0.1) is 0 Å². The number of carbonyl (C=O) groups is 1. The Hall–Kier alpha value is -0.650. The van der Waals surface area contributed by atoms with E-state index in [2.05, 4.69) is 11.9 Å². The predicted molar refractivity (Wildman–Crippen MR) is 72.4 cm³/mol. The highest BCUT2D eigenvalue weighted by Crippen LogP contribution is 2.13. The van der Waals surface area contributed by atoms with Gasteiger partial charge in [0.1, 0.15) is 0 Å². The lowest BCUT2D eigenvalue weighted by Crippen LogP contribution is -2.39. The van der Waals surface area contributed by atoms with Crippen LogP contribution in [0.4, 0.5) is 0 Å². The zero-order valence-corrected chi connectivity index (χ0v) is 11.7. The Morgan fingerprint density at radius 1 is 1.28 bits per heavy atom. The smallest absolute Gasteiger partial charge is 0.223 e. The third-order valence-electron chi connectivity index (χ3n) is 3.62. The number of carbonyl (C=O) groups excluding carboxylic acids is 1.